The topological polar surface area (TPSA) is 44.8 Å². The summed E-state index contributed by atoms with van der Waals surface area (Å²) >= 11 is 0. The molecule has 27 heavy (non-hydrogen) atoms. The first kappa shape index (κ1) is 23.6. The first-order valence-electron chi connectivity index (χ1n) is 8.10. The number of hydrogen-bond donors (Lipinski definition) is 0. The number of methoxy groups -OCH3 is 3. The summed E-state index contributed by atoms with van der Waals surface area (Å²) in [6, 6.07) is 3.28. The van der Waals surface area contributed by atoms with Gasteiger partial charge < -0.3 is 14.2 Å². The number of hydrogen-bond acceptors (Lipinski definition) is 4. The molecule has 1 aromatic carbocycles. The second-order valence-electron chi connectivity index (χ2n) is 5.29. The number of benzene rings is 1. The average molecular weight is 406 g/mol. The van der Waals surface area contributed by atoms with Crippen molar-refractivity contribution in [3.8, 4) is 17.2 Å². The first-order valence-corrected chi connectivity index (χ1v) is 8.10. The molecule has 0 heterocycles. The van der Waals surface area contributed by atoms with E-state index in [9.17, 15) is 4.79 Å². The molecule has 4 nitrogen and oxygen atoms in total. The summed E-state index contributed by atoms with van der Waals surface area (Å²) in [5.74, 6) is 2.24. The van der Waals surface area contributed by atoms with E-state index in [2.05, 4.69) is 0 Å². The molecule has 0 unspecified atom stereocenters. The van der Waals surface area contributed by atoms with Crippen LogP contribution >= 0.6 is 0 Å². The largest absolute Gasteiger partial charge is 0.493 e. The number of ketones is 1. The van der Waals surface area contributed by atoms with Gasteiger partial charge in [0.05, 0.1) is 21.3 Å². The van der Waals surface area contributed by atoms with Crippen molar-refractivity contribution in [2.75, 3.05) is 21.3 Å². The molecule has 0 saturated heterocycles. The van der Waals surface area contributed by atoms with E-state index in [1.165, 1.54) is 27.4 Å². The molecule has 1 aromatic rings. The fourth-order valence-electron chi connectivity index (χ4n) is 2.31. The third-order valence-corrected chi connectivity index (χ3v) is 3.62. The Bertz CT molecular complexity index is 570. The van der Waals surface area contributed by atoms with Crippen molar-refractivity contribution in [1.29, 1.82) is 0 Å². The van der Waals surface area contributed by atoms with E-state index >= 15 is 0 Å². The maximum absolute atomic E-state index is 12.2. The Morgan fingerprint density at radius 2 is 1.26 bits per heavy atom. The van der Waals surface area contributed by atoms with Gasteiger partial charge in [-0.2, -0.15) is 0 Å². The summed E-state index contributed by atoms with van der Waals surface area (Å²) in [7, 11) is 4.56. The Kier molecular flexibility index (Phi) is 11.2. The maximum Gasteiger partial charge on any atom is 0.203 e. The molecule has 10 radical (unpaired) electrons. The quantitative estimate of drug-likeness (QED) is 0.409. The van der Waals surface area contributed by atoms with Crippen LogP contribution in [-0.4, -0.2) is 27.1 Å². The zero-order chi connectivity index (χ0) is 18.8. The molecule has 0 spiro atoms. The molecule has 0 aliphatic heterocycles. The number of rotatable bonds is 6. The zero-order valence-electron chi connectivity index (χ0n) is 15.5. The molecule has 2 aliphatic carbocycles. The molecular formula is C22H22FeO4. The molecule has 142 valence electrons. The van der Waals surface area contributed by atoms with E-state index < -0.39 is 0 Å². The van der Waals surface area contributed by atoms with Crippen molar-refractivity contribution < 1.29 is 36.1 Å². The standard InChI is InChI=1S/C17H17O4.C5H5.Fe/c1-19-15-10-13(11-16(20-2)17(15)21-3)14(18)9-8-12-6-4-5-7-12;1-2-4-5-3-1;/h4-11H,1-3H3;1-5H;/b9-8+;;. The third-order valence-electron chi connectivity index (χ3n) is 3.62. The number of carbonyl (C=O) groups excluding carboxylic acids is 1. The summed E-state index contributed by atoms with van der Waals surface area (Å²) in [6.07, 6.45) is 21.0. The van der Waals surface area contributed by atoms with E-state index in [-0.39, 0.29) is 22.9 Å². The fraction of sp³-hybridized carbons (Fsp3) is 0.136. The van der Waals surface area contributed by atoms with E-state index in [1.54, 1.807) is 18.2 Å². The summed E-state index contributed by atoms with van der Waals surface area (Å²) in [6.45, 7) is 0. The smallest absolute Gasteiger partial charge is 0.203 e. The van der Waals surface area contributed by atoms with Gasteiger partial charge in [-0.1, -0.05) is 6.08 Å². The van der Waals surface area contributed by atoms with E-state index in [0.717, 1.165) is 5.92 Å². The molecule has 0 bridgehead atoms. The van der Waals surface area contributed by atoms with Crippen LogP contribution in [-0.2, 0) is 17.1 Å². The van der Waals surface area contributed by atoms with Crippen LogP contribution in [0.2, 0.25) is 0 Å². The van der Waals surface area contributed by atoms with Crippen molar-refractivity contribution in [1.82, 2.24) is 0 Å². The molecule has 0 aromatic heterocycles. The van der Waals surface area contributed by atoms with Crippen molar-refractivity contribution in [2.45, 2.75) is 0 Å². The first-order chi connectivity index (χ1) is 12.7. The molecule has 0 atom stereocenters. The second-order valence-corrected chi connectivity index (χ2v) is 5.29. The zero-order valence-corrected chi connectivity index (χ0v) is 16.6. The molecule has 0 amide bonds. The number of ether oxygens (including phenoxy) is 3. The Balaban J connectivity index is 0.000000526. The number of carbonyl (C=O) groups is 1. The van der Waals surface area contributed by atoms with Gasteiger partial charge in [0.2, 0.25) is 5.75 Å². The minimum atomic E-state index is -0.129. The maximum atomic E-state index is 12.2. The predicted molar refractivity (Wildman–Crippen MR) is 102 cm³/mol. The van der Waals surface area contributed by atoms with Gasteiger partial charge in [0.1, 0.15) is 0 Å². The van der Waals surface area contributed by atoms with Crippen LogP contribution in [0.1, 0.15) is 10.4 Å². The SMILES string of the molecule is COc1cc(C(=O)/C=C/[C]2[CH][CH][CH][CH]2)cc(OC)c1OC.[CH]1[CH][CH][CH][CH]1.[Fe]. The second kappa shape index (κ2) is 12.9. The molecular weight excluding hydrogens is 384 g/mol. The van der Waals surface area contributed by atoms with Crippen molar-refractivity contribution in [3.05, 3.63) is 93.6 Å². The summed E-state index contributed by atoms with van der Waals surface area (Å²) in [5, 5.41) is 0. The fourth-order valence-corrected chi connectivity index (χ4v) is 2.31. The summed E-state index contributed by atoms with van der Waals surface area (Å²) in [4.78, 5) is 12.2. The summed E-state index contributed by atoms with van der Waals surface area (Å²) < 4.78 is 15.7. The van der Waals surface area contributed by atoms with E-state index in [0.29, 0.717) is 22.8 Å². The molecule has 5 heteroatoms. The third kappa shape index (κ3) is 7.23. The van der Waals surface area contributed by atoms with Gasteiger partial charge in [0.15, 0.2) is 17.3 Å². The van der Waals surface area contributed by atoms with Crippen LogP contribution in [0.5, 0.6) is 17.2 Å². The predicted octanol–water partition coefficient (Wildman–Crippen LogP) is 3.88. The van der Waals surface area contributed by atoms with E-state index in [1.807, 2.05) is 57.8 Å². The minimum Gasteiger partial charge on any atom is -0.493 e. The Labute approximate surface area is 174 Å². The van der Waals surface area contributed by atoms with Crippen molar-refractivity contribution in [2.24, 2.45) is 0 Å². The van der Waals surface area contributed by atoms with Crippen LogP contribution in [0.4, 0.5) is 0 Å². The van der Waals surface area contributed by atoms with Gasteiger partial charge in [-0.05, 0) is 76.0 Å². The van der Waals surface area contributed by atoms with Crippen LogP contribution in [0.3, 0.4) is 0 Å². The molecule has 2 saturated carbocycles. The molecule has 2 fully saturated rings. The Morgan fingerprint density at radius 1 is 0.778 bits per heavy atom. The van der Waals surface area contributed by atoms with Gasteiger partial charge in [-0.15, -0.1) is 0 Å². The van der Waals surface area contributed by atoms with Crippen molar-refractivity contribution in [3.63, 3.8) is 0 Å². The van der Waals surface area contributed by atoms with Crippen LogP contribution in [0.15, 0.2) is 24.3 Å². The minimum absolute atomic E-state index is 0. The number of allylic oxidation sites excluding steroid dienone is 2. The van der Waals surface area contributed by atoms with Crippen LogP contribution < -0.4 is 14.2 Å². The van der Waals surface area contributed by atoms with Crippen LogP contribution in [0, 0.1) is 63.7 Å². The molecule has 0 N–H and O–H groups in total. The monoisotopic (exact) mass is 406 g/mol. The average Bonchev–Trinajstić information content (AvgIpc) is 3.41. The Morgan fingerprint density at radius 3 is 1.67 bits per heavy atom. The molecule has 2 aliphatic rings. The summed E-state index contributed by atoms with van der Waals surface area (Å²) in [5.41, 5.74) is 0.479. The van der Waals surface area contributed by atoms with Crippen molar-refractivity contribution >= 4 is 5.78 Å². The van der Waals surface area contributed by atoms with Gasteiger partial charge in [0, 0.05) is 28.6 Å². The van der Waals surface area contributed by atoms with Gasteiger partial charge >= 0.3 is 0 Å². The van der Waals surface area contributed by atoms with Crippen LogP contribution in [0.25, 0.3) is 0 Å². The normalized spacial score (nSPS) is 16.4. The van der Waals surface area contributed by atoms with E-state index in [4.69, 9.17) is 14.2 Å². The molecule has 3 rings (SSSR count). The van der Waals surface area contributed by atoms with Gasteiger partial charge in [-0.3, -0.25) is 4.79 Å². The Hall–Kier alpha value is -1.45. The van der Waals surface area contributed by atoms with Gasteiger partial charge in [0.25, 0.3) is 0 Å². The van der Waals surface area contributed by atoms with Gasteiger partial charge in [-0.25, -0.2) is 0 Å².